The van der Waals surface area contributed by atoms with E-state index in [-0.39, 0.29) is 5.75 Å². The van der Waals surface area contributed by atoms with Crippen LogP contribution in [0, 0.1) is 6.92 Å². The van der Waals surface area contributed by atoms with Gasteiger partial charge in [0.1, 0.15) is 5.75 Å². The number of aromatic hydroxyl groups is 1. The molecule has 76 valence electrons. The van der Waals surface area contributed by atoms with E-state index in [0.717, 1.165) is 11.1 Å². The van der Waals surface area contributed by atoms with Gasteiger partial charge in [0.2, 0.25) is 0 Å². The van der Waals surface area contributed by atoms with Crippen molar-refractivity contribution in [1.29, 1.82) is 0 Å². The maximum Gasteiger partial charge on any atom is 0.134 e. The van der Waals surface area contributed by atoms with E-state index in [9.17, 15) is 5.11 Å². The van der Waals surface area contributed by atoms with Gasteiger partial charge in [-0.05, 0) is 30.2 Å². The lowest BCUT2D eigenvalue weighted by molar-refractivity contribution is 0.475. The summed E-state index contributed by atoms with van der Waals surface area (Å²) in [4.78, 5) is 0. The van der Waals surface area contributed by atoms with Crippen LogP contribution in [0.2, 0.25) is 5.02 Å². The fraction of sp³-hybridized carbons (Fsp3) is 0.0769. The topological polar surface area (TPSA) is 20.2 Å². The van der Waals surface area contributed by atoms with E-state index in [1.807, 2.05) is 25.1 Å². The van der Waals surface area contributed by atoms with Gasteiger partial charge in [0.05, 0.1) is 5.02 Å². The van der Waals surface area contributed by atoms with Gasteiger partial charge in [0.25, 0.3) is 0 Å². The summed E-state index contributed by atoms with van der Waals surface area (Å²) < 4.78 is 0. The van der Waals surface area contributed by atoms with Crippen molar-refractivity contribution in [2.45, 2.75) is 6.92 Å². The standard InChI is InChI=1S/C13H11ClO/c1-9-2-4-10(5-3-9)11-6-7-13(15)12(14)8-11/h2-8,15H,1H3. The van der Waals surface area contributed by atoms with Crippen LogP contribution in [0.1, 0.15) is 5.56 Å². The van der Waals surface area contributed by atoms with Gasteiger partial charge in [-0.1, -0.05) is 47.5 Å². The number of benzene rings is 2. The molecule has 0 aromatic heterocycles. The second-order valence-electron chi connectivity index (χ2n) is 3.53. The highest BCUT2D eigenvalue weighted by Gasteiger charge is 2.01. The number of hydrogen-bond acceptors (Lipinski definition) is 1. The molecule has 0 aliphatic heterocycles. The van der Waals surface area contributed by atoms with E-state index in [4.69, 9.17) is 11.6 Å². The Balaban J connectivity index is 2.45. The molecule has 0 saturated carbocycles. The largest absolute Gasteiger partial charge is 0.506 e. The van der Waals surface area contributed by atoms with Gasteiger partial charge in [-0.15, -0.1) is 0 Å². The van der Waals surface area contributed by atoms with Crippen molar-refractivity contribution in [1.82, 2.24) is 0 Å². The summed E-state index contributed by atoms with van der Waals surface area (Å²) in [6, 6.07) is 13.4. The Kier molecular flexibility index (Phi) is 2.65. The van der Waals surface area contributed by atoms with Crippen molar-refractivity contribution in [3.05, 3.63) is 53.1 Å². The molecular weight excluding hydrogens is 208 g/mol. The highest BCUT2D eigenvalue weighted by molar-refractivity contribution is 6.32. The molecule has 0 atom stereocenters. The first-order valence-electron chi connectivity index (χ1n) is 4.72. The molecule has 0 amide bonds. The van der Waals surface area contributed by atoms with Gasteiger partial charge in [-0.2, -0.15) is 0 Å². The van der Waals surface area contributed by atoms with Crippen molar-refractivity contribution < 1.29 is 5.11 Å². The molecule has 0 radical (unpaired) electrons. The minimum absolute atomic E-state index is 0.118. The maximum atomic E-state index is 9.30. The average molecular weight is 219 g/mol. The molecule has 2 aromatic carbocycles. The number of rotatable bonds is 1. The predicted molar refractivity (Wildman–Crippen MR) is 63.3 cm³/mol. The molecule has 1 nitrogen and oxygen atoms in total. The molecule has 0 aliphatic carbocycles. The first-order chi connectivity index (χ1) is 7.16. The normalized spacial score (nSPS) is 10.3. The van der Waals surface area contributed by atoms with Crippen molar-refractivity contribution in [2.24, 2.45) is 0 Å². The first-order valence-corrected chi connectivity index (χ1v) is 5.10. The smallest absolute Gasteiger partial charge is 0.134 e. The molecule has 2 aromatic rings. The second kappa shape index (κ2) is 3.95. The van der Waals surface area contributed by atoms with Crippen molar-refractivity contribution >= 4 is 11.6 Å². The highest BCUT2D eigenvalue weighted by atomic mass is 35.5. The van der Waals surface area contributed by atoms with Crippen LogP contribution < -0.4 is 0 Å². The minimum atomic E-state index is 0.118. The maximum absolute atomic E-state index is 9.30. The Morgan fingerprint density at radius 1 is 0.933 bits per heavy atom. The van der Waals surface area contributed by atoms with Crippen LogP contribution >= 0.6 is 11.6 Å². The molecule has 0 fully saturated rings. The van der Waals surface area contributed by atoms with Crippen LogP contribution in [0.15, 0.2) is 42.5 Å². The van der Waals surface area contributed by atoms with Crippen LogP contribution in [-0.4, -0.2) is 5.11 Å². The fourth-order valence-corrected chi connectivity index (χ4v) is 1.61. The van der Waals surface area contributed by atoms with Crippen LogP contribution in [0.3, 0.4) is 0 Å². The fourth-order valence-electron chi connectivity index (χ4n) is 1.43. The van der Waals surface area contributed by atoms with Crippen LogP contribution in [0.5, 0.6) is 5.75 Å². The third-order valence-corrected chi connectivity index (χ3v) is 2.64. The molecule has 0 aliphatic rings. The van der Waals surface area contributed by atoms with Crippen molar-refractivity contribution in [2.75, 3.05) is 0 Å². The molecular formula is C13H11ClO. The third kappa shape index (κ3) is 2.13. The number of phenols is 1. The predicted octanol–water partition coefficient (Wildman–Crippen LogP) is 4.02. The Labute approximate surface area is 94.0 Å². The monoisotopic (exact) mass is 218 g/mol. The highest BCUT2D eigenvalue weighted by Crippen LogP contribution is 2.29. The summed E-state index contributed by atoms with van der Waals surface area (Å²) in [5.74, 6) is 0.118. The summed E-state index contributed by atoms with van der Waals surface area (Å²) in [6.07, 6.45) is 0. The Bertz CT molecular complexity index is 474. The number of hydrogen-bond donors (Lipinski definition) is 1. The third-order valence-electron chi connectivity index (χ3n) is 2.33. The molecule has 0 saturated heterocycles. The molecule has 1 N–H and O–H groups in total. The Morgan fingerprint density at radius 3 is 2.13 bits per heavy atom. The van der Waals surface area contributed by atoms with E-state index in [2.05, 4.69) is 12.1 Å². The summed E-state index contributed by atoms with van der Waals surface area (Å²) in [6.45, 7) is 2.05. The lowest BCUT2D eigenvalue weighted by Crippen LogP contribution is -1.79. The second-order valence-corrected chi connectivity index (χ2v) is 3.94. The molecule has 15 heavy (non-hydrogen) atoms. The number of phenolic OH excluding ortho intramolecular Hbond substituents is 1. The molecule has 2 rings (SSSR count). The SMILES string of the molecule is Cc1ccc(-c2ccc(O)c(Cl)c2)cc1. The van der Waals surface area contributed by atoms with Gasteiger partial charge in [-0.25, -0.2) is 0 Å². The molecule has 0 spiro atoms. The minimum Gasteiger partial charge on any atom is -0.506 e. The molecule has 0 heterocycles. The van der Waals surface area contributed by atoms with Crippen LogP contribution in [-0.2, 0) is 0 Å². The Hall–Kier alpha value is -1.47. The van der Waals surface area contributed by atoms with Crippen LogP contribution in [0.25, 0.3) is 11.1 Å². The Morgan fingerprint density at radius 2 is 1.53 bits per heavy atom. The van der Waals surface area contributed by atoms with Crippen molar-refractivity contribution in [3.63, 3.8) is 0 Å². The van der Waals surface area contributed by atoms with Gasteiger partial charge < -0.3 is 5.11 Å². The zero-order valence-corrected chi connectivity index (χ0v) is 9.12. The van der Waals surface area contributed by atoms with E-state index < -0.39 is 0 Å². The van der Waals surface area contributed by atoms with E-state index >= 15 is 0 Å². The summed E-state index contributed by atoms with van der Waals surface area (Å²) in [5, 5.41) is 9.69. The summed E-state index contributed by atoms with van der Waals surface area (Å²) in [7, 11) is 0. The van der Waals surface area contributed by atoms with E-state index in [1.165, 1.54) is 5.56 Å². The molecule has 0 unspecified atom stereocenters. The van der Waals surface area contributed by atoms with Gasteiger partial charge in [0.15, 0.2) is 0 Å². The van der Waals surface area contributed by atoms with Gasteiger partial charge in [-0.3, -0.25) is 0 Å². The quantitative estimate of drug-likeness (QED) is 0.767. The summed E-state index contributed by atoms with van der Waals surface area (Å²) >= 11 is 5.84. The molecule has 2 heteroatoms. The van der Waals surface area contributed by atoms with E-state index in [1.54, 1.807) is 12.1 Å². The summed E-state index contributed by atoms with van der Waals surface area (Å²) in [5.41, 5.74) is 3.34. The van der Waals surface area contributed by atoms with Gasteiger partial charge in [0, 0.05) is 0 Å². The lowest BCUT2D eigenvalue weighted by Gasteiger charge is -2.03. The number of halogens is 1. The van der Waals surface area contributed by atoms with Crippen molar-refractivity contribution in [3.8, 4) is 16.9 Å². The zero-order valence-electron chi connectivity index (χ0n) is 8.37. The zero-order chi connectivity index (χ0) is 10.8. The lowest BCUT2D eigenvalue weighted by atomic mass is 10.0. The number of aryl methyl sites for hydroxylation is 1. The van der Waals surface area contributed by atoms with Crippen LogP contribution in [0.4, 0.5) is 0 Å². The average Bonchev–Trinajstić information content (AvgIpc) is 2.23. The van der Waals surface area contributed by atoms with Gasteiger partial charge >= 0.3 is 0 Å². The first kappa shape index (κ1) is 10.1. The van der Waals surface area contributed by atoms with E-state index in [0.29, 0.717) is 5.02 Å². The molecule has 0 bridgehead atoms.